The minimum Gasteiger partial charge on any atom is -0.480 e. The van der Waals surface area contributed by atoms with Gasteiger partial charge in [-0.25, -0.2) is 4.79 Å². The molecule has 2 saturated heterocycles. The number of carbonyl (C=O) groups is 10. The third kappa shape index (κ3) is 16.1. The summed E-state index contributed by atoms with van der Waals surface area (Å²) in [5, 5.41) is 32.3. The molecular formula is C38H64N10O11. The number of aliphatic carboxylic acids is 1. The van der Waals surface area contributed by atoms with Crippen LogP contribution in [0, 0.1) is 23.7 Å². The van der Waals surface area contributed by atoms with E-state index in [4.69, 9.17) is 0 Å². The fourth-order valence-corrected chi connectivity index (χ4v) is 6.52. The maximum atomic E-state index is 13.7. The van der Waals surface area contributed by atoms with Gasteiger partial charge in [-0.1, -0.05) is 55.4 Å². The summed E-state index contributed by atoms with van der Waals surface area (Å²) < 4.78 is 0. The molecule has 0 aliphatic carbocycles. The summed E-state index contributed by atoms with van der Waals surface area (Å²) >= 11 is 0. The van der Waals surface area contributed by atoms with Crippen molar-refractivity contribution in [3.05, 3.63) is 0 Å². The lowest BCUT2D eigenvalue weighted by atomic mass is 10.0. The Morgan fingerprint density at radius 1 is 0.542 bits per heavy atom. The second-order valence-corrected chi connectivity index (χ2v) is 16.2. The smallest absolute Gasteiger partial charge is 0.326 e. The van der Waals surface area contributed by atoms with Gasteiger partial charge in [0.15, 0.2) is 0 Å². The number of hydrogen-bond donors (Lipinski definition) is 10. The van der Waals surface area contributed by atoms with Gasteiger partial charge in [0.1, 0.15) is 30.2 Å². The van der Waals surface area contributed by atoms with Crippen LogP contribution in [0.4, 0.5) is 0 Å². The largest absolute Gasteiger partial charge is 0.480 e. The fraction of sp³-hybridized carbons (Fsp3) is 0.737. The van der Waals surface area contributed by atoms with Crippen molar-refractivity contribution in [2.75, 3.05) is 39.3 Å². The number of carboxylic acids is 1. The van der Waals surface area contributed by atoms with Crippen LogP contribution in [0.25, 0.3) is 0 Å². The standard InChI is InChI=1S/C38H64N10O11/c1-19(2)29(44-25(49)15-40-33(53)23-11-9-13-39-23)35(55)42-17-27(51)46-31(21(5)6)37(57)48-14-10-12-24(48)34(54)41-16-26(50)45-30(20(3)4)36(56)43-18-28(52)47-32(22(7)8)38(58)59/h19-24,29-32,39H,9-18H2,1-8H3,(H,40,53)(H,41,54)(H,42,55)(H,43,56)(H,44,49)(H,45,50)(H,46,51)(H,47,52)(H,58,59)/t23-,24-,29-,30-,31-,32-/m0/s1. The molecule has 0 aromatic heterocycles. The Bertz CT molecular complexity index is 1550. The highest BCUT2D eigenvalue weighted by molar-refractivity contribution is 5.97. The summed E-state index contributed by atoms with van der Waals surface area (Å²) in [5.41, 5.74) is 0. The van der Waals surface area contributed by atoms with Crippen LogP contribution in [0.3, 0.4) is 0 Å². The molecule has 59 heavy (non-hydrogen) atoms. The van der Waals surface area contributed by atoms with Crippen LogP contribution in [0.15, 0.2) is 0 Å². The van der Waals surface area contributed by atoms with Crippen molar-refractivity contribution >= 4 is 59.1 Å². The average Bonchev–Trinajstić information content (AvgIpc) is 3.89. The molecule has 332 valence electrons. The van der Waals surface area contributed by atoms with Crippen molar-refractivity contribution in [3.63, 3.8) is 0 Å². The van der Waals surface area contributed by atoms with E-state index in [0.717, 1.165) is 13.0 Å². The van der Waals surface area contributed by atoms with Crippen LogP contribution in [-0.4, -0.2) is 145 Å². The zero-order valence-electron chi connectivity index (χ0n) is 35.3. The molecule has 0 spiro atoms. The van der Waals surface area contributed by atoms with Gasteiger partial charge in [0, 0.05) is 6.54 Å². The van der Waals surface area contributed by atoms with Crippen LogP contribution in [0.2, 0.25) is 0 Å². The summed E-state index contributed by atoms with van der Waals surface area (Å²) in [6, 6.07) is -5.64. The van der Waals surface area contributed by atoms with Gasteiger partial charge in [0.25, 0.3) is 0 Å². The van der Waals surface area contributed by atoms with E-state index in [0.29, 0.717) is 12.8 Å². The zero-order chi connectivity index (χ0) is 44.6. The van der Waals surface area contributed by atoms with Gasteiger partial charge >= 0.3 is 5.97 Å². The first kappa shape index (κ1) is 49.8. The minimum atomic E-state index is -1.22. The number of rotatable bonds is 22. The van der Waals surface area contributed by atoms with Gasteiger partial charge < -0.3 is 57.9 Å². The Hall–Kier alpha value is -5.34. The quantitative estimate of drug-likeness (QED) is 0.0517. The van der Waals surface area contributed by atoms with Gasteiger partial charge in [-0.3, -0.25) is 43.2 Å². The third-order valence-electron chi connectivity index (χ3n) is 9.94. The molecule has 2 aliphatic rings. The number of amides is 9. The Morgan fingerprint density at radius 2 is 0.949 bits per heavy atom. The van der Waals surface area contributed by atoms with Crippen LogP contribution in [-0.2, 0) is 47.9 Å². The lowest BCUT2D eigenvalue weighted by Crippen LogP contribution is -2.58. The second kappa shape index (κ2) is 23.9. The number of carbonyl (C=O) groups excluding carboxylic acids is 9. The van der Waals surface area contributed by atoms with Crippen molar-refractivity contribution in [3.8, 4) is 0 Å². The molecule has 2 heterocycles. The average molecular weight is 837 g/mol. The van der Waals surface area contributed by atoms with Gasteiger partial charge in [-0.05, 0) is 55.9 Å². The van der Waals surface area contributed by atoms with Crippen LogP contribution < -0.4 is 47.9 Å². The molecule has 21 heteroatoms. The molecule has 21 nitrogen and oxygen atoms in total. The Labute approximate surface area is 344 Å². The van der Waals surface area contributed by atoms with Crippen molar-refractivity contribution < 1.29 is 53.1 Å². The van der Waals surface area contributed by atoms with Crippen molar-refractivity contribution in [2.45, 2.75) is 117 Å². The van der Waals surface area contributed by atoms with E-state index in [9.17, 15) is 53.1 Å². The normalized spacial score (nSPS) is 18.3. The highest BCUT2D eigenvalue weighted by Crippen LogP contribution is 2.20. The van der Waals surface area contributed by atoms with E-state index >= 15 is 0 Å². The molecule has 0 aromatic carbocycles. The van der Waals surface area contributed by atoms with Crippen LogP contribution in [0.5, 0.6) is 0 Å². The predicted octanol–water partition coefficient (Wildman–Crippen LogP) is -3.16. The number of hydrogen-bond acceptors (Lipinski definition) is 11. The van der Waals surface area contributed by atoms with E-state index in [2.05, 4.69) is 47.9 Å². The first-order valence-corrected chi connectivity index (χ1v) is 20.2. The molecule has 0 aromatic rings. The van der Waals surface area contributed by atoms with Crippen LogP contribution >= 0.6 is 0 Å². The Balaban J connectivity index is 1.91. The molecule has 2 rings (SSSR count). The monoisotopic (exact) mass is 836 g/mol. The predicted molar refractivity (Wildman–Crippen MR) is 213 cm³/mol. The molecule has 10 N–H and O–H groups in total. The summed E-state index contributed by atoms with van der Waals surface area (Å²) in [5.74, 6) is -8.33. The second-order valence-electron chi connectivity index (χ2n) is 16.2. The Kier molecular flexibility index (Phi) is 20.2. The molecule has 2 fully saturated rings. The first-order chi connectivity index (χ1) is 27.6. The fourth-order valence-electron chi connectivity index (χ4n) is 6.52. The SMILES string of the molecule is CC(C)[C@H](NC(=O)CNC(=O)[C@@H](NC(=O)CNC(=O)[C@@H]1CCCN1C(=O)[C@@H](NC(=O)CNC(=O)[C@@H](NC(=O)CNC(=O)[C@@H]1CCCN1)C(C)C)C(C)C)C(C)C)C(=O)O. The molecule has 6 atom stereocenters. The number of likely N-dealkylation sites (tertiary alicyclic amines) is 1. The highest BCUT2D eigenvalue weighted by atomic mass is 16.4. The molecule has 9 amide bonds. The summed E-state index contributed by atoms with van der Waals surface area (Å²) in [6.45, 7) is 12.4. The lowest BCUT2D eigenvalue weighted by Gasteiger charge is -2.30. The maximum absolute atomic E-state index is 13.7. The summed E-state index contributed by atoms with van der Waals surface area (Å²) in [6.07, 6.45) is 2.28. The maximum Gasteiger partial charge on any atom is 0.326 e. The van der Waals surface area contributed by atoms with Crippen molar-refractivity contribution in [1.29, 1.82) is 0 Å². The van der Waals surface area contributed by atoms with E-state index in [1.54, 1.807) is 55.4 Å². The third-order valence-corrected chi connectivity index (χ3v) is 9.94. The summed E-state index contributed by atoms with van der Waals surface area (Å²) in [4.78, 5) is 128. The molecule has 0 saturated carbocycles. The molecule has 0 unspecified atom stereocenters. The van der Waals surface area contributed by atoms with E-state index < -0.39 is 121 Å². The van der Waals surface area contributed by atoms with E-state index in [1.807, 2.05) is 0 Å². The number of carboxylic acid groups (broad SMARTS) is 1. The Morgan fingerprint density at radius 3 is 1.36 bits per heavy atom. The van der Waals surface area contributed by atoms with Gasteiger partial charge in [0.05, 0.1) is 32.2 Å². The summed E-state index contributed by atoms with van der Waals surface area (Å²) in [7, 11) is 0. The van der Waals surface area contributed by atoms with E-state index in [-0.39, 0.29) is 37.4 Å². The van der Waals surface area contributed by atoms with Gasteiger partial charge in [-0.15, -0.1) is 0 Å². The molecule has 0 bridgehead atoms. The minimum absolute atomic E-state index is 0.208. The lowest BCUT2D eigenvalue weighted by molar-refractivity contribution is -0.143. The topological polar surface area (TPSA) is 302 Å². The first-order valence-electron chi connectivity index (χ1n) is 20.2. The van der Waals surface area contributed by atoms with Crippen molar-refractivity contribution in [2.24, 2.45) is 23.7 Å². The molecule has 2 aliphatic heterocycles. The van der Waals surface area contributed by atoms with Crippen molar-refractivity contribution in [1.82, 2.24) is 52.8 Å². The highest BCUT2D eigenvalue weighted by Gasteiger charge is 2.39. The molecule has 0 radical (unpaired) electrons. The van der Waals surface area contributed by atoms with Gasteiger partial charge in [0.2, 0.25) is 53.2 Å². The number of nitrogens with one attached hydrogen (secondary N) is 9. The van der Waals surface area contributed by atoms with Crippen LogP contribution in [0.1, 0.15) is 81.1 Å². The number of nitrogens with zero attached hydrogens (tertiary/aromatic N) is 1. The zero-order valence-corrected chi connectivity index (χ0v) is 35.3. The van der Waals surface area contributed by atoms with Gasteiger partial charge in [-0.2, -0.15) is 0 Å². The van der Waals surface area contributed by atoms with E-state index in [1.165, 1.54) is 4.90 Å². The molecular weight excluding hydrogens is 772 g/mol.